The van der Waals surface area contributed by atoms with Crippen molar-refractivity contribution in [3.8, 4) is 5.75 Å². The highest BCUT2D eigenvalue weighted by Gasteiger charge is 2.15. The lowest BCUT2D eigenvalue weighted by Crippen LogP contribution is -2.30. The fourth-order valence-electron chi connectivity index (χ4n) is 2.76. The predicted octanol–water partition coefficient (Wildman–Crippen LogP) is 2.51. The molecule has 2 aromatic carbocycles. The molecule has 31 heavy (non-hydrogen) atoms. The molecule has 11 heteroatoms. The Kier molecular flexibility index (Phi) is 7.53. The molecule has 164 valence electrons. The van der Waals surface area contributed by atoms with E-state index in [0.29, 0.717) is 28.9 Å². The van der Waals surface area contributed by atoms with Gasteiger partial charge in [-0.05, 0) is 61.4 Å². The number of carbonyl (C=O) groups excluding carboxylic acids is 1. The maximum atomic E-state index is 12.6. The van der Waals surface area contributed by atoms with Gasteiger partial charge in [-0.15, -0.1) is 0 Å². The van der Waals surface area contributed by atoms with E-state index in [-0.39, 0.29) is 17.4 Å². The molecule has 1 amide bonds. The highest BCUT2D eigenvalue weighted by Crippen LogP contribution is 2.21. The Morgan fingerprint density at radius 1 is 1.13 bits per heavy atom. The molecule has 0 atom stereocenters. The largest absolute Gasteiger partial charge is 0.484 e. The van der Waals surface area contributed by atoms with Gasteiger partial charge in [0.1, 0.15) is 12.1 Å². The number of sulfonamides is 1. The minimum absolute atomic E-state index is 0.105. The van der Waals surface area contributed by atoms with Crippen molar-refractivity contribution in [3.63, 3.8) is 0 Å². The molecule has 1 aromatic heterocycles. The van der Waals surface area contributed by atoms with Gasteiger partial charge in [0.15, 0.2) is 11.8 Å². The summed E-state index contributed by atoms with van der Waals surface area (Å²) in [6, 6.07) is 11.4. The summed E-state index contributed by atoms with van der Waals surface area (Å²) in [6.07, 6.45) is 1.42. The van der Waals surface area contributed by atoms with Gasteiger partial charge >= 0.3 is 0 Å². The molecule has 3 aromatic rings. The average molecular weight is 462 g/mol. The molecule has 0 unspecified atom stereocenters. The Morgan fingerprint density at radius 2 is 1.84 bits per heavy atom. The van der Waals surface area contributed by atoms with E-state index in [1.807, 2.05) is 19.9 Å². The molecule has 0 aliphatic heterocycles. The number of anilines is 1. The molecule has 0 aliphatic carbocycles. The van der Waals surface area contributed by atoms with E-state index in [9.17, 15) is 13.2 Å². The Labute approximate surface area is 185 Å². The third-order valence-electron chi connectivity index (χ3n) is 4.03. The maximum absolute atomic E-state index is 12.6. The summed E-state index contributed by atoms with van der Waals surface area (Å²) in [5.74, 6) is 0.768. The van der Waals surface area contributed by atoms with Gasteiger partial charge in [0.2, 0.25) is 0 Å². The number of rotatable bonds is 10. The molecule has 0 saturated carbocycles. The van der Waals surface area contributed by atoms with Crippen molar-refractivity contribution in [1.29, 1.82) is 0 Å². The number of aryl methyl sites for hydroxylation is 2. The number of aromatic amines is 1. The molecule has 0 aliphatic rings. The van der Waals surface area contributed by atoms with Crippen LogP contribution in [0, 0.1) is 13.8 Å². The number of aromatic nitrogens is 3. The number of H-pyrrole nitrogens is 1. The first kappa shape index (κ1) is 22.6. The van der Waals surface area contributed by atoms with Crippen LogP contribution < -0.4 is 14.8 Å². The Balaban J connectivity index is 1.47. The van der Waals surface area contributed by atoms with Crippen molar-refractivity contribution in [2.45, 2.75) is 23.9 Å². The normalized spacial score (nSPS) is 11.2. The van der Waals surface area contributed by atoms with Crippen LogP contribution in [0.25, 0.3) is 0 Å². The first-order chi connectivity index (χ1) is 14.8. The van der Waals surface area contributed by atoms with Crippen molar-refractivity contribution in [3.05, 3.63) is 59.9 Å². The smallest absolute Gasteiger partial charge is 0.261 e. The fourth-order valence-corrected chi connectivity index (χ4v) is 4.44. The van der Waals surface area contributed by atoms with E-state index < -0.39 is 10.0 Å². The van der Waals surface area contributed by atoms with E-state index in [0.717, 1.165) is 11.1 Å². The second-order valence-electron chi connectivity index (χ2n) is 6.73. The summed E-state index contributed by atoms with van der Waals surface area (Å²) in [5, 5.41) is 9.89. The molecule has 0 fully saturated rings. The lowest BCUT2D eigenvalue weighted by Gasteiger charge is -2.11. The zero-order valence-electron chi connectivity index (χ0n) is 17.1. The molecule has 3 rings (SSSR count). The monoisotopic (exact) mass is 461 g/mol. The van der Waals surface area contributed by atoms with Gasteiger partial charge in [-0.1, -0.05) is 17.8 Å². The molecule has 0 radical (unpaired) electrons. The van der Waals surface area contributed by atoms with E-state index >= 15 is 0 Å². The number of nitrogens with one attached hydrogen (secondary N) is 3. The minimum Gasteiger partial charge on any atom is -0.484 e. The number of benzene rings is 2. The standard InChI is InChI=1S/C20H23N5O4S2/c1-14-9-15(2)11-16(10-14)25-31(27,28)18-5-3-17(4-6-18)29-12-19(26)21-7-8-30-20-22-13-23-24-20/h3-6,9-11,13,25H,7-8,12H2,1-2H3,(H,21,26)(H,22,23,24). The second-order valence-corrected chi connectivity index (χ2v) is 9.50. The van der Waals surface area contributed by atoms with Crippen LogP contribution in [0.3, 0.4) is 0 Å². The Hall–Kier alpha value is -3.05. The van der Waals surface area contributed by atoms with E-state index in [1.165, 1.54) is 42.4 Å². The average Bonchev–Trinajstić information content (AvgIpc) is 3.22. The third-order valence-corrected chi connectivity index (χ3v) is 6.31. The van der Waals surface area contributed by atoms with Crippen LogP contribution in [0.15, 0.2) is 58.8 Å². The number of nitrogens with zero attached hydrogens (tertiary/aromatic N) is 2. The van der Waals surface area contributed by atoms with Gasteiger partial charge < -0.3 is 10.1 Å². The first-order valence-electron chi connectivity index (χ1n) is 9.41. The molecular formula is C20H23N5O4S2. The van der Waals surface area contributed by atoms with Crippen LogP contribution in [0.4, 0.5) is 5.69 Å². The molecule has 3 N–H and O–H groups in total. The lowest BCUT2D eigenvalue weighted by molar-refractivity contribution is -0.122. The molecule has 0 bridgehead atoms. The van der Waals surface area contributed by atoms with Gasteiger partial charge in [0, 0.05) is 18.0 Å². The third kappa shape index (κ3) is 7.00. The van der Waals surface area contributed by atoms with Crippen LogP contribution in [-0.2, 0) is 14.8 Å². The highest BCUT2D eigenvalue weighted by molar-refractivity contribution is 7.99. The minimum atomic E-state index is -3.73. The summed E-state index contributed by atoms with van der Waals surface area (Å²) in [4.78, 5) is 16.0. The van der Waals surface area contributed by atoms with Gasteiger partial charge in [-0.2, -0.15) is 5.10 Å². The quantitative estimate of drug-likeness (QED) is 0.313. The molecular weight excluding hydrogens is 438 g/mol. The molecule has 9 nitrogen and oxygen atoms in total. The van der Waals surface area contributed by atoms with Crippen LogP contribution in [0.2, 0.25) is 0 Å². The number of hydrogen-bond donors (Lipinski definition) is 3. The van der Waals surface area contributed by atoms with E-state index in [1.54, 1.807) is 12.1 Å². The summed E-state index contributed by atoms with van der Waals surface area (Å²) in [7, 11) is -3.73. The summed E-state index contributed by atoms with van der Waals surface area (Å²) in [5.41, 5.74) is 2.45. The summed E-state index contributed by atoms with van der Waals surface area (Å²) < 4.78 is 33.2. The topological polar surface area (TPSA) is 126 Å². The van der Waals surface area contributed by atoms with Crippen LogP contribution in [-0.4, -0.2) is 48.4 Å². The van der Waals surface area contributed by atoms with Crippen LogP contribution in [0.1, 0.15) is 11.1 Å². The van der Waals surface area contributed by atoms with Crippen molar-refractivity contribution in [2.24, 2.45) is 0 Å². The zero-order valence-corrected chi connectivity index (χ0v) is 18.7. The van der Waals surface area contributed by atoms with Gasteiger partial charge in [-0.3, -0.25) is 14.6 Å². The fraction of sp³-hybridized carbons (Fsp3) is 0.250. The second kappa shape index (κ2) is 10.3. The summed E-state index contributed by atoms with van der Waals surface area (Å²) >= 11 is 1.44. The molecule has 0 saturated heterocycles. The number of ether oxygens (including phenoxy) is 1. The molecule has 0 spiro atoms. The van der Waals surface area contributed by atoms with Crippen molar-refractivity contribution in [1.82, 2.24) is 20.5 Å². The predicted molar refractivity (Wildman–Crippen MR) is 119 cm³/mol. The van der Waals surface area contributed by atoms with Crippen LogP contribution >= 0.6 is 11.8 Å². The highest BCUT2D eigenvalue weighted by atomic mass is 32.2. The maximum Gasteiger partial charge on any atom is 0.261 e. The van der Waals surface area contributed by atoms with E-state index in [4.69, 9.17) is 4.74 Å². The zero-order chi connectivity index (χ0) is 22.3. The first-order valence-corrected chi connectivity index (χ1v) is 11.9. The van der Waals surface area contributed by atoms with Crippen molar-refractivity contribution < 1.29 is 17.9 Å². The number of carbonyl (C=O) groups is 1. The van der Waals surface area contributed by atoms with Gasteiger partial charge in [0.05, 0.1) is 4.90 Å². The SMILES string of the molecule is Cc1cc(C)cc(NS(=O)(=O)c2ccc(OCC(=O)NCCSc3ncn[nH]3)cc2)c1. The van der Waals surface area contributed by atoms with Crippen LogP contribution in [0.5, 0.6) is 5.75 Å². The van der Waals surface area contributed by atoms with Crippen molar-refractivity contribution >= 4 is 33.4 Å². The van der Waals surface area contributed by atoms with Gasteiger partial charge in [-0.25, -0.2) is 13.4 Å². The number of hydrogen-bond acceptors (Lipinski definition) is 7. The summed E-state index contributed by atoms with van der Waals surface area (Å²) in [6.45, 7) is 4.10. The molecule has 1 heterocycles. The van der Waals surface area contributed by atoms with E-state index in [2.05, 4.69) is 25.2 Å². The Morgan fingerprint density at radius 3 is 2.48 bits per heavy atom. The lowest BCUT2D eigenvalue weighted by atomic mass is 10.1. The number of amides is 1. The number of thioether (sulfide) groups is 1. The van der Waals surface area contributed by atoms with Gasteiger partial charge in [0.25, 0.3) is 15.9 Å². The van der Waals surface area contributed by atoms with Crippen molar-refractivity contribution in [2.75, 3.05) is 23.6 Å². The Bertz CT molecular complexity index is 1100.